The molecule has 7 heteroatoms. The summed E-state index contributed by atoms with van der Waals surface area (Å²) in [6.07, 6.45) is 1.68. The van der Waals surface area contributed by atoms with Gasteiger partial charge >= 0.3 is 6.03 Å². The maximum atomic E-state index is 12.7. The number of carbonyl (C=O) groups is 1. The maximum absolute atomic E-state index is 12.7. The van der Waals surface area contributed by atoms with Crippen LogP contribution in [0.1, 0.15) is 0 Å². The Kier molecular flexibility index (Phi) is 6.85. The number of benzene rings is 4. The zero-order valence-electron chi connectivity index (χ0n) is 20.4. The molecule has 1 heterocycles. The molecule has 0 saturated carbocycles. The van der Waals surface area contributed by atoms with Crippen LogP contribution in [0.5, 0.6) is 23.0 Å². The van der Waals surface area contributed by atoms with E-state index in [9.17, 15) is 4.79 Å². The zero-order chi connectivity index (χ0) is 25.6. The Bertz CT molecular complexity index is 1540. The van der Waals surface area contributed by atoms with Crippen LogP contribution in [0.25, 0.3) is 22.0 Å². The summed E-state index contributed by atoms with van der Waals surface area (Å²) >= 11 is 0. The third-order valence-corrected chi connectivity index (χ3v) is 5.81. The number of ether oxygens (including phenoxy) is 3. The van der Waals surface area contributed by atoms with Crippen molar-refractivity contribution in [1.29, 1.82) is 0 Å². The highest BCUT2D eigenvalue weighted by Gasteiger charge is 2.12. The van der Waals surface area contributed by atoms with Gasteiger partial charge in [0.15, 0.2) is 11.5 Å². The molecule has 1 aromatic heterocycles. The summed E-state index contributed by atoms with van der Waals surface area (Å²) in [7, 11) is 3.17. The molecule has 0 aliphatic rings. The maximum Gasteiger partial charge on any atom is 0.323 e. The second kappa shape index (κ2) is 10.7. The van der Waals surface area contributed by atoms with Crippen molar-refractivity contribution in [2.75, 3.05) is 24.9 Å². The average Bonchev–Trinajstić information content (AvgIpc) is 2.94. The lowest BCUT2D eigenvalue weighted by atomic mass is 10.0. The number of nitrogens with zero attached hydrogens (tertiary/aromatic N) is 1. The van der Waals surface area contributed by atoms with Crippen LogP contribution in [0.4, 0.5) is 16.2 Å². The van der Waals surface area contributed by atoms with E-state index in [0.29, 0.717) is 28.7 Å². The fourth-order valence-electron chi connectivity index (χ4n) is 4.02. The lowest BCUT2D eigenvalue weighted by molar-refractivity contribution is 0.262. The fourth-order valence-corrected chi connectivity index (χ4v) is 4.02. The molecular formula is C30H25N3O4. The molecular weight excluding hydrogens is 466 g/mol. The minimum atomic E-state index is -0.335. The Hall–Kier alpha value is -5.04. The number of methoxy groups -OCH3 is 2. The summed E-state index contributed by atoms with van der Waals surface area (Å²) in [6, 6.07) is 29.9. The summed E-state index contributed by atoms with van der Waals surface area (Å²) in [4.78, 5) is 17.1. The zero-order valence-corrected chi connectivity index (χ0v) is 20.4. The van der Waals surface area contributed by atoms with Crippen LogP contribution in [0, 0.1) is 0 Å². The predicted molar refractivity (Wildman–Crippen MR) is 146 cm³/mol. The molecule has 7 nitrogen and oxygen atoms in total. The molecule has 0 atom stereocenters. The smallest absolute Gasteiger partial charge is 0.323 e. The van der Waals surface area contributed by atoms with Gasteiger partial charge in [0.1, 0.15) is 11.5 Å². The van der Waals surface area contributed by atoms with Crippen molar-refractivity contribution < 1.29 is 19.0 Å². The van der Waals surface area contributed by atoms with E-state index >= 15 is 0 Å². The number of fused-ring (bicyclic) bond motifs is 1. The number of nitrogens with one attached hydrogen (secondary N) is 2. The lowest BCUT2D eigenvalue weighted by Gasteiger charge is -2.13. The largest absolute Gasteiger partial charge is 0.493 e. The van der Waals surface area contributed by atoms with E-state index in [0.717, 1.165) is 27.7 Å². The number of amides is 2. The molecule has 0 unspecified atom stereocenters. The van der Waals surface area contributed by atoms with Gasteiger partial charge in [0.25, 0.3) is 0 Å². The van der Waals surface area contributed by atoms with Crippen molar-refractivity contribution in [1.82, 2.24) is 4.98 Å². The number of hydrogen-bond donors (Lipinski definition) is 2. The van der Waals surface area contributed by atoms with Crippen molar-refractivity contribution in [3.63, 3.8) is 0 Å². The van der Waals surface area contributed by atoms with Gasteiger partial charge in [-0.3, -0.25) is 4.98 Å². The van der Waals surface area contributed by atoms with Gasteiger partial charge in [-0.25, -0.2) is 4.79 Å². The first-order chi connectivity index (χ1) is 18.1. The van der Waals surface area contributed by atoms with Gasteiger partial charge in [-0.15, -0.1) is 0 Å². The monoisotopic (exact) mass is 491 g/mol. The molecule has 0 aliphatic heterocycles. The van der Waals surface area contributed by atoms with Crippen molar-refractivity contribution in [3.05, 3.63) is 103 Å². The predicted octanol–water partition coefficient (Wildman–Crippen LogP) is 7.36. The van der Waals surface area contributed by atoms with E-state index in [1.54, 1.807) is 50.7 Å². The molecule has 2 N–H and O–H groups in total. The van der Waals surface area contributed by atoms with Gasteiger partial charge in [0, 0.05) is 28.9 Å². The number of carbonyl (C=O) groups excluding carboxylic acids is 1. The van der Waals surface area contributed by atoms with Crippen LogP contribution in [-0.2, 0) is 0 Å². The molecule has 0 fully saturated rings. The number of aromatic nitrogens is 1. The van der Waals surface area contributed by atoms with Gasteiger partial charge in [-0.1, -0.05) is 48.5 Å². The third kappa shape index (κ3) is 5.31. The Morgan fingerprint density at radius 3 is 2.19 bits per heavy atom. The SMILES string of the molecule is COc1cc2nccc(Oc3ccc(NC(=O)Nc4ccccc4-c4ccccc4)cc3)c2cc1OC. The summed E-state index contributed by atoms with van der Waals surface area (Å²) in [5.74, 6) is 2.43. The third-order valence-electron chi connectivity index (χ3n) is 5.81. The Morgan fingerprint density at radius 2 is 1.43 bits per heavy atom. The quantitative estimate of drug-likeness (QED) is 0.249. The van der Waals surface area contributed by atoms with Gasteiger partial charge in [-0.2, -0.15) is 0 Å². The molecule has 0 spiro atoms. The highest BCUT2D eigenvalue weighted by molar-refractivity contribution is 6.02. The Morgan fingerprint density at radius 1 is 0.730 bits per heavy atom. The number of rotatable bonds is 7. The highest BCUT2D eigenvalue weighted by Crippen LogP contribution is 2.37. The Labute approximate surface area is 214 Å². The summed E-state index contributed by atoms with van der Waals surface area (Å²) in [5, 5.41) is 6.60. The van der Waals surface area contributed by atoms with Gasteiger partial charge in [0.05, 0.1) is 25.4 Å². The highest BCUT2D eigenvalue weighted by atomic mass is 16.5. The van der Waals surface area contributed by atoms with Gasteiger partial charge in [0.2, 0.25) is 0 Å². The van der Waals surface area contributed by atoms with E-state index < -0.39 is 0 Å². The summed E-state index contributed by atoms with van der Waals surface area (Å²) < 4.78 is 16.9. The van der Waals surface area contributed by atoms with E-state index in [-0.39, 0.29) is 6.03 Å². The fraction of sp³-hybridized carbons (Fsp3) is 0.0667. The van der Waals surface area contributed by atoms with Crippen LogP contribution in [0.3, 0.4) is 0 Å². The summed E-state index contributed by atoms with van der Waals surface area (Å²) in [5.41, 5.74) is 4.05. The molecule has 0 aliphatic carbocycles. The molecule has 5 rings (SSSR count). The average molecular weight is 492 g/mol. The van der Waals surface area contributed by atoms with Crippen molar-refractivity contribution >= 4 is 28.3 Å². The molecule has 184 valence electrons. The first-order valence-electron chi connectivity index (χ1n) is 11.7. The minimum Gasteiger partial charge on any atom is -0.493 e. The van der Waals surface area contributed by atoms with Crippen molar-refractivity contribution in [2.24, 2.45) is 0 Å². The molecule has 4 aromatic carbocycles. The molecule has 0 bridgehead atoms. The molecule has 5 aromatic rings. The second-order valence-electron chi connectivity index (χ2n) is 8.15. The number of para-hydroxylation sites is 1. The number of urea groups is 1. The van der Waals surface area contributed by atoms with Crippen molar-refractivity contribution in [3.8, 4) is 34.1 Å². The van der Waals surface area contributed by atoms with E-state index in [1.807, 2.05) is 66.7 Å². The van der Waals surface area contributed by atoms with Crippen LogP contribution >= 0.6 is 0 Å². The lowest BCUT2D eigenvalue weighted by Crippen LogP contribution is -2.19. The van der Waals surface area contributed by atoms with Gasteiger partial charge in [-0.05, 0) is 48.0 Å². The molecule has 0 radical (unpaired) electrons. The first kappa shape index (κ1) is 23.7. The normalized spacial score (nSPS) is 10.5. The summed E-state index contributed by atoms with van der Waals surface area (Å²) in [6.45, 7) is 0. The second-order valence-corrected chi connectivity index (χ2v) is 8.15. The number of anilines is 2. The van der Waals surface area contributed by atoms with E-state index in [2.05, 4.69) is 15.6 Å². The standard InChI is InChI=1S/C30H25N3O4/c1-35-28-18-24-26(19-29(28)36-2)31-17-16-27(24)37-22-14-12-21(13-15-22)32-30(34)33-25-11-7-6-10-23(25)20-8-4-3-5-9-20/h3-19H,1-2H3,(H2,32,33,34). The Balaban J connectivity index is 1.29. The van der Waals surface area contributed by atoms with Crippen LogP contribution in [-0.4, -0.2) is 25.2 Å². The van der Waals surface area contributed by atoms with E-state index in [4.69, 9.17) is 14.2 Å². The number of hydrogen-bond acceptors (Lipinski definition) is 5. The first-order valence-corrected chi connectivity index (χ1v) is 11.7. The molecule has 37 heavy (non-hydrogen) atoms. The topological polar surface area (TPSA) is 81.7 Å². The van der Waals surface area contributed by atoms with Gasteiger partial charge < -0.3 is 24.8 Å². The van der Waals surface area contributed by atoms with Crippen molar-refractivity contribution in [2.45, 2.75) is 0 Å². The van der Waals surface area contributed by atoms with Crippen LogP contribution in [0.15, 0.2) is 103 Å². The van der Waals surface area contributed by atoms with E-state index in [1.165, 1.54) is 0 Å². The van der Waals surface area contributed by atoms with Crippen LogP contribution < -0.4 is 24.8 Å². The van der Waals surface area contributed by atoms with Crippen LogP contribution in [0.2, 0.25) is 0 Å². The number of pyridine rings is 1. The minimum absolute atomic E-state index is 0.335. The molecule has 0 saturated heterocycles. The molecule has 2 amide bonds.